The van der Waals surface area contributed by atoms with Crippen LogP contribution >= 0.6 is 0 Å². The lowest BCUT2D eigenvalue weighted by Crippen LogP contribution is -2.28. The number of amides is 2. The van der Waals surface area contributed by atoms with E-state index in [2.05, 4.69) is 20.6 Å². The molecule has 0 unspecified atom stereocenters. The predicted molar refractivity (Wildman–Crippen MR) is 99.6 cm³/mol. The van der Waals surface area contributed by atoms with Crippen LogP contribution in [0.5, 0.6) is 0 Å². The fraction of sp³-hybridized carbons (Fsp3) is 0.368. The summed E-state index contributed by atoms with van der Waals surface area (Å²) in [4.78, 5) is 32.6. The van der Waals surface area contributed by atoms with Crippen molar-refractivity contribution in [3.63, 3.8) is 0 Å². The Morgan fingerprint density at radius 3 is 2.73 bits per heavy atom. The summed E-state index contributed by atoms with van der Waals surface area (Å²) in [6, 6.07) is 7.12. The maximum atomic E-state index is 12.4. The number of hydrogen-bond acceptors (Lipinski definition) is 5. The van der Waals surface area contributed by atoms with Crippen LogP contribution in [0.4, 0.5) is 5.82 Å². The molecule has 26 heavy (non-hydrogen) atoms. The number of nitrogens with zero attached hydrogens (tertiary/aromatic N) is 2. The molecule has 7 heteroatoms. The molecule has 0 radical (unpaired) electrons. The van der Waals surface area contributed by atoms with Gasteiger partial charge >= 0.3 is 0 Å². The third kappa shape index (κ3) is 3.99. The number of aromatic nitrogens is 2. The third-order valence-corrected chi connectivity index (χ3v) is 4.69. The summed E-state index contributed by atoms with van der Waals surface area (Å²) in [7, 11) is 1.51. The van der Waals surface area contributed by atoms with Crippen molar-refractivity contribution >= 4 is 17.6 Å². The predicted octanol–water partition coefficient (Wildman–Crippen LogP) is 2.01. The van der Waals surface area contributed by atoms with E-state index in [1.807, 2.05) is 6.07 Å². The number of benzene rings is 1. The van der Waals surface area contributed by atoms with Gasteiger partial charge in [0.1, 0.15) is 0 Å². The largest absolute Gasteiger partial charge is 0.382 e. The number of rotatable bonds is 5. The maximum absolute atomic E-state index is 12.4. The molecule has 1 saturated carbocycles. The molecule has 1 aromatic heterocycles. The molecular formula is C19H23N5O2. The first-order valence-electron chi connectivity index (χ1n) is 8.81. The number of nitrogens with one attached hydrogen (secondary N) is 2. The first kappa shape index (κ1) is 17.8. The second kappa shape index (κ2) is 7.95. The van der Waals surface area contributed by atoms with Crippen molar-refractivity contribution in [2.45, 2.75) is 25.7 Å². The van der Waals surface area contributed by atoms with Gasteiger partial charge in [0.25, 0.3) is 11.8 Å². The van der Waals surface area contributed by atoms with E-state index >= 15 is 0 Å². The summed E-state index contributed by atoms with van der Waals surface area (Å²) in [5, 5.41) is 5.50. The highest BCUT2D eigenvalue weighted by molar-refractivity contribution is 5.97. The Hall–Kier alpha value is -2.96. The Morgan fingerprint density at radius 2 is 2.00 bits per heavy atom. The molecule has 1 heterocycles. The number of anilines is 1. The van der Waals surface area contributed by atoms with Crippen molar-refractivity contribution in [3.8, 4) is 11.3 Å². The lowest BCUT2D eigenvalue weighted by molar-refractivity contribution is 0.0943. The van der Waals surface area contributed by atoms with Gasteiger partial charge in [0, 0.05) is 24.7 Å². The zero-order valence-electron chi connectivity index (χ0n) is 14.8. The van der Waals surface area contributed by atoms with E-state index in [4.69, 9.17) is 5.73 Å². The van der Waals surface area contributed by atoms with Gasteiger partial charge in [-0.05, 0) is 30.9 Å². The first-order chi connectivity index (χ1) is 12.6. The van der Waals surface area contributed by atoms with Gasteiger partial charge in [-0.25, -0.2) is 9.97 Å². The van der Waals surface area contributed by atoms with E-state index in [9.17, 15) is 9.59 Å². The van der Waals surface area contributed by atoms with E-state index in [0.29, 0.717) is 29.3 Å². The van der Waals surface area contributed by atoms with E-state index in [1.54, 1.807) is 18.2 Å². The van der Waals surface area contributed by atoms with Crippen molar-refractivity contribution in [1.29, 1.82) is 0 Å². The van der Waals surface area contributed by atoms with Crippen LogP contribution in [-0.4, -0.2) is 35.4 Å². The summed E-state index contributed by atoms with van der Waals surface area (Å²) in [6.07, 6.45) is 6.36. The topological polar surface area (TPSA) is 110 Å². The molecule has 1 aliphatic rings. The Bertz CT molecular complexity index is 815. The maximum Gasteiger partial charge on any atom is 0.273 e. The molecular weight excluding hydrogens is 330 g/mol. The zero-order valence-corrected chi connectivity index (χ0v) is 14.8. The van der Waals surface area contributed by atoms with Gasteiger partial charge in [0.2, 0.25) is 0 Å². The van der Waals surface area contributed by atoms with Crippen molar-refractivity contribution in [1.82, 2.24) is 20.6 Å². The lowest BCUT2D eigenvalue weighted by Gasteiger charge is -2.11. The van der Waals surface area contributed by atoms with E-state index in [0.717, 1.165) is 0 Å². The van der Waals surface area contributed by atoms with Gasteiger partial charge in [-0.1, -0.05) is 25.0 Å². The number of nitrogen functional groups attached to an aromatic ring is 1. The molecule has 2 amide bonds. The lowest BCUT2D eigenvalue weighted by atomic mass is 10.1. The normalized spacial score (nSPS) is 14.2. The van der Waals surface area contributed by atoms with Crippen LogP contribution in [0.1, 0.15) is 46.5 Å². The molecule has 0 aliphatic heterocycles. The zero-order chi connectivity index (χ0) is 18.5. The smallest absolute Gasteiger partial charge is 0.273 e. The highest BCUT2D eigenvalue weighted by atomic mass is 16.2. The average molecular weight is 353 g/mol. The SMILES string of the molecule is CNC(=O)c1nc(-c2cccc(C(=O)NCC3CCCC3)c2)cnc1N. The van der Waals surface area contributed by atoms with Crippen LogP contribution in [0.3, 0.4) is 0 Å². The minimum Gasteiger partial charge on any atom is -0.382 e. The summed E-state index contributed by atoms with van der Waals surface area (Å²) in [6.45, 7) is 0.714. The van der Waals surface area contributed by atoms with Crippen molar-refractivity contribution in [3.05, 3.63) is 41.7 Å². The average Bonchev–Trinajstić information content (AvgIpc) is 3.19. The first-order valence-corrected chi connectivity index (χ1v) is 8.81. The number of nitrogens with two attached hydrogens (primary N) is 1. The monoisotopic (exact) mass is 353 g/mol. The van der Waals surface area contributed by atoms with Crippen LogP contribution in [0.15, 0.2) is 30.5 Å². The molecule has 3 rings (SSSR count). The number of hydrogen-bond donors (Lipinski definition) is 3. The van der Waals surface area contributed by atoms with E-state index < -0.39 is 5.91 Å². The second-order valence-electron chi connectivity index (χ2n) is 6.51. The quantitative estimate of drug-likeness (QED) is 0.761. The van der Waals surface area contributed by atoms with Gasteiger partial charge < -0.3 is 16.4 Å². The molecule has 4 N–H and O–H groups in total. The highest BCUT2D eigenvalue weighted by Crippen LogP contribution is 2.24. The number of carbonyl (C=O) groups is 2. The van der Waals surface area contributed by atoms with Crippen molar-refractivity contribution in [2.75, 3.05) is 19.3 Å². The van der Waals surface area contributed by atoms with Gasteiger partial charge in [0.15, 0.2) is 11.5 Å². The minimum absolute atomic E-state index is 0.0681. The van der Waals surface area contributed by atoms with Crippen LogP contribution in [-0.2, 0) is 0 Å². The second-order valence-corrected chi connectivity index (χ2v) is 6.51. The molecule has 1 aromatic carbocycles. The molecule has 0 saturated heterocycles. The summed E-state index contributed by atoms with van der Waals surface area (Å²) >= 11 is 0. The van der Waals surface area contributed by atoms with Gasteiger partial charge in [-0.15, -0.1) is 0 Å². The third-order valence-electron chi connectivity index (χ3n) is 4.69. The molecule has 0 atom stereocenters. The van der Waals surface area contributed by atoms with Crippen LogP contribution < -0.4 is 16.4 Å². The molecule has 1 fully saturated rings. The van der Waals surface area contributed by atoms with Crippen LogP contribution in [0, 0.1) is 5.92 Å². The Labute approximate surface area is 152 Å². The Kier molecular flexibility index (Phi) is 5.46. The van der Waals surface area contributed by atoms with Gasteiger partial charge in [-0.3, -0.25) is 9.59 Å². The fourth-order valence-electron chi connectivity index (χ4n) is 3.20. The van der Waals surface area contributed by atoms with Crippen molar-refractivity contribution < 1.29 is 9.59 Å². The van der Waals surface area contributed by atoms with Crippen LogP contribution in [0.25, 0.3) is 11.3 Å². The highest BCUT2D eigenvalue weighted by Gasteiger charge is 2.17. The van der Waals surface area contributed by atoms with E-state index in [1.165, 1.54) is 38.9 Å². The molecule has 136 valence electrons. The molecule has 0 spiro atoms. The molecule has 0 bridgehead atoms. The standard InChI is InChI=1S/C19H23N5O2/c1-21-19(26)16-17(20)22-11-15(24-16)13-7-4-8-14(9-13)18(25)23-10-12-5-2-3-6-12/h4,7-9,11-12H,2-3,5-6,10H2,1H3,(H2,20,22)(H,21,26)(H,23,25). The number of carbonyl (C=O) groups excluding carboxylic acids is 2. The van der Waals surface area contributed by atoms with Crippen LogP contribution in [0.2, 0.25) is 0 Å². The summed E-state index contributed by atoms with van der Waals surface area (Å²) in [5.41, 5.74) is 7.54. The Balaban J connectivity index is 1.78. The van der Waals surface area contributed by atoms with Gasteiger partial charge in [0.05, 0.1) is 11.9 Å². The Morgan fingerprint density at radius 1 is 1.23 bits per heavy atom. The van der Waals surface area contributed by atoms with Crippen molar-refractivity contribution in [2.24, 2.45) is 5.92 Å². The fourth-order valence-corrected chi connectivity index (χ4v) is 3.20. The summed E-state index contributed by atoms with van der Waals surface area (Å²) in [5.74, 6) is 0.148. The summed E-state index contributed by atoms with van der Waals surface area (Å²) < 4.78 is 0. The minimum atomic E-state index is -0.401. The van der Waals surface area contributed by atoms with Gasteiger partial charge in [-0.2, -0.15) is 0 Å². The molecule has 2 aromatic rings. The molecule has 1 aliphatic carbocycles. The van der Waals surface area contributed by atoms with E-state index in [-0.39, 0.29) is 17.4 Å². The molecule has 7 nitrogen and oxygen atoms in total.